The second-order valence-corrected chi connectivity index (χ2v) is 3.08. The van der Waals surface area contributed by atoms with Gasteiger partial charge in [-0.05, 0) is 13.1 Å². The van der Waals surface area contributed by atoms with Gasteiger partial charge in [-0.3, -0.25) is 4.79 Å². The maximum atomic E-state index is 11.1. The molecule has 0 aromatic carbocycles. The zero-order valence-electron chi connectivity index (χ0n) is 9.08. The van der Waals surface area contributed by atoms with Crippen molar-refractivity contribution in [2.24, 2.45) is 0 Å². The third-order valence-electron chi connectivity index (χ3n) is 2.13. The molecule has 0 aliphatic heterocycles. The van der Waals surface area contributed by atoms with Crippen molar-refractivity contribution in [2.75, 3.05) is 26.2 Å². The number of nitrogens with one attached hydrogen (secondary N) is 1. The van der Waals surface area contributed by atoms with Crippen molar-refractivity contribution in [2.45, 2.75) is 26.7 Å². The van der Waals surface area contributed by atoms with Gasteiger partial charge in [0.2, 0.25) is 5.91 Å². The Bertz CT molecular complexity index is 168. The van der Waals surface area contributed by atoms with E-state index in [-0.39, 0.29) is 5.91 Å². The molecular weight excluding hydrogens is 180 g/mol. The second kappa shape index (κ2) is 8.69. The molecule has 82 valence electrons. The van der Waals surface area contributed by atoms with Gasteiger partial charge in [-0.15, -0.1) is 0 Å². The second-order valence-electron chi connectivity index (χ2n) is 3.08. The van der Waals surface area contributed by atoms with Crippen LogP contribution in [-0.2, 0) is 9.59 Å². The number of carbonyl (C=O) groups excluding carboxylic acids is 2. The minimum Gasteiger partial charge on any atom is -0.355 e. The van der Waals surface area contributed by atoms with E-state index >= 15 is 0 Å². The van der Waals surface area contributed by atoms with Crippen LogP contribution in [0.1, 0.15) is 26.7 Å². The van der Waals surface area contributed by atoms with Crippen molar-refractivity contribution < 1.29 is 9.59 Å². The third-order valence-corrected chi connectivity index (χ3v) is 2.13. The fourth-order valence-corrected chi connectivity index (χ4v) is 1.17. The number of hydrogen-bond acceptors (Lipinski definition) is 3. The summed E-state index contributed by atoms with van der Waals surface area (Å²) < 4.78 is 0. The molecule has 0 saturated carbocycles. The zero-order chi connectivity index (χ0) is 10.8. The molecule has 0 heterocycles. The average molecular weight is 200 g/mol. The molecule has 0 aliphatic carbocycles. The fraction of sp³-hybridized carbons (Fsp3) is 0.800. The first-order valence-corrected chi connectivity index (χ1v) is 5.17. The smallest absolute Gasteiger partial charge is 0.220 e. The highest BCUT2D eigenvalue weighted by Gasteiger charge is 2.01. The molecule has 0 unspecified atom stereocenters. The van der Waals surface area contributed by atoms with Crippen molar-refractivity contribution in [3.63, 3.8) is 0 Å². The van der Waals surface area contributed by atoms with Gasteiger partial charge in [0.25, 0.3) is 0 Å². The number of amides is 1. The minimum absolute atomic E-state index is 0.0377. The van der Waals surface area contributed by atoms with Crippen molar-refractivity contribution in [3.05, 3.63) is 0 Å². The molecule has 0 spiro atoms. The molecule has 0 atom stereocenters. The van der Waals surface area contributed by atoms with E-state index in [1.807, 2.05) is 0 Å². The van der Waals surface area contributed by atoms with Gasteiger partial charge >= 0.3 is 0 Å². The van der Waals surface area contributed by atoms with Crippen LogP contribution in [0.3, 0.4) is 0 Å². The van der Waals surface area contributed by atoms with Gasteiger partial charge in [-0.2, -0.15) is 0 Å². The van der Waals surface area contributed by atoms with Crippen molar-refractivity contribution >= 4 is 12.2 Å². The summed E-state index contributed by atoms with van der Waals surface area (Å²) in [6.07, 6.45) is 1.39. The van der Waals surface area contributed by atoms with Crippen LogP contribution in [0.15, 0.2) is 0 Å². The molecule has 4 heteroatoms. The Morgan fingerprint density at radius 3 is 2.50 bits per heavy atom. The number of nitrogens with zero attached hydrogens (tertiary/aromatic N) is 1. The maximum absolute atomic E-state index is 11.1. The van der Waals surface area contributed by atoms with Crippen LogP contribution in [-0.4, -0.2) is 43.3 Å². The van der Waals surface area contributed by atoms with E-state index in [0.717, 1.165) is 25.9 Å². The first-order valence-electron chi connectivity index (χ1n) is 5.17. The molecule has 0 aromatic heterocycles. The Hall–Kier alpha value is -0.900. The highest BCUT2D eigenvalue weighted by atomic mass is 16.1. The molecule has 0 aromatic rings. The summed E-state index contributed by atoms with van der Waals surface area (Å²) in [7, 11) is 0. The number of carbonyl (C=O) groups is 2. The number of rotatable bonds is 8. The van der Waals surface area contributed by atoms with Gasteiger partial charge in [0.1, 0.15) is 6.29 Å². The summed E-state index contributed by atoms with van der Waals surface area (Å²) in [5.74, 6) is -0.0377. The topological polar surface area (TPSA) is 49.4 Å². The predicted molar refractivity (Wildman–Crippen MR) is 56.1 cm³/mol. The van der Waals surface area contributed by atoms with Gasteiger partial charge in [-0.1, -0.05) is 13.8 Å². The molecule has 14 heavy (non-hydrogen) atoms. The van der Waals surface area contributed by atoms with Crippen molar-refractivity contribution in [1.29, 1.82) is 0 Å². The lowest BCUT2D eigenvalue weighted by Gasteiger charge is -2.17. The van der Waals surface area contributed by atoms with Crippen LogP contribution < -0.4 is 5.32 Å². The molecule has 4 nitrogen and oxygen atoms in total. The summed E-state index contributed by atoms with van der Waals surface area (Å²) in [4.78, 5) is 23.3. The largest absolute Gasteiger partial charge is 0.355 e. The fourth-order valence-electron chi connectivity index (χ4n) is 1.17. The normalized spacial score (nSPS) is 10.2. The molecular formula is C10H20N2O2. The zero-order valence-corrected chi connectivity index (χ0v) is 9.08. The van der Waals surface area contributed by atoms with Crippen LogP contribution in [0.2, 0.25) is 0 Å². The summed E-state index contributed by atoms with van der Waals surface area (Å²) in [5, 5.41) is 2.78. The van der Waals surface area contributed by atoms with E-state index in [1.54, 1.807) is 0 Å². The summed E-state index contributed by atoms with van der Waals surface area (Å²) in [5.41, 5.74) is 0. The molecule has 1 amide bonds. The molecule has 0 saturated heterocycles. The van der Waals surface area contributed by atoms with Crippen LogP contribution >= 0.6 is 0 Å². The van der Waals surface area contributed by atoms with Crippen LogP contribution in [0.4, 0.5) is 0 Å². The summed E-state index contributed by atoms with van der Waals surface area (Å²) in [6, 6.07) is 0. The SMILES string of the molecule is CCN(CC)CCNC(=O)CCC=O. The Labute approximate surface area is 85.7 Å². The molecule has 0 fully saturated rings. The average Bonchev–Trinajstić information content (AvgIpc) is 2.21. The molecule has 0 rings (SSSR count). The van der Waals surface area contributed by atoms with Gasteiger partial charge < -0.3 is 15.0 Å². The minimum atomic E-state index is -0.0377. The molecule has 0 bridgehead atoms. The first-order chi connectivity index (χ1) is 6.74. The van der Waals surface area contributed by atoms with Gasteiger partial charge in [-0.25, -0.2) is 0 Å². The van der Waals surface area contributed by atoms with Gasteiger partial charge in [0.05, 0.1) is 0 Å². The van der Waals surface area contributed by atoms with Crippen LogP contribution in [0, 0.1) is 0 Å². The van der Waals surface area contributed by atoms with Crippen LogP contribution in [0.25, 0.3) is 0 Å². The number of likely N-dealkylation sites (N-methyl/N-ethyl adjacent to an activating group) is 1. The van der Waals surface area contributed by atoms with E-state index in [2.05, 4.69) is 24.1 Å². The first kappa shape index (κ1) is 13.1. The summed E-state index contributed by atoms with van der Waals surface area (Å²) >= 11 is 0. The highest BCUT2D eigenvalue weighted by Crippen LogP contribution is 1.86. The van der Waals surface area contributed by atoms with Gasteiger partial charge in [0.15, 0.2) is 0 Å². The van der Waals surface area contributed by atoms with E-state index in [4.69, 9.17) is 0 Å². The standard InChI is InChI=1S/C10H20N2O2/c1-3-12(4-2)8-7-11-10(14)6-5-9-13/h9H,3-8H2,1-2H3,(H,11,14). The van der Waals surface area contributed by atoms with Crippen molar-refractivity contribution in [3.8, 4) is 0 Å². The van der Waals surface area contributed by atoms with Gasteiger partial charge in [0, 0.05) is 25.9 Å². The third kappa shape index (κ3) is 6.60. The predicted octanol–water partition coefficient (Wildman–Crippen LogP) is 0.424. The maximum Gasteiger partial charge on any atom is 0.220 e. The van der Waals surface area contributed by atoms with E-state index in [9.17, 15) is 9.59 Å². The lowest BCUT2D eigenvalue weighted by molar-refractivity contribution is -0.122. The Morgan fingerprint density at radius 2 is 2.00 bits per heavy atom. The Kier molecular flexibility index (Phi) is 8.13. The quantitative estimate of drug-likeness (QED) is 0.578. The number of hydrogen-bond donors (Lipinski definition) is 1. The lowest BCUT2D eigenvalue weighted by atomic mass is 10.3. The van der Waals surface area contributed by atoms with Crippen molar-refractivity contribution in [1.82, 2.24) is 10.2 Å². The number of aldehydes is 1. The molecule has 0 radical (unpaired) electrons. The van der Waals surface area contributed by atoms with E-state index < -0.39 is 0 Å². The molecule has 1 N–H and O–H groups in total. The van der Waals surface area contributed by atoms with E-state index in [1.165, 1.54) is 0 Å². The van der Waals surface area contributed by atoms with E-state index in [0.29, 0.717) is 19.4 Å². The summed E-state index contributed by atoms with van der Waals surface area (Å²) in [6.45, 7) is 7.73. The highest BCUT2D eigenvalue weighted by molar-refractivity contribution is 5.77. The monoisotopic (exact) mass is 200 g/mol. The molecule has 0 aliphatic rings. The van der Waals surface area contributed by atoms with Crippen LogP contribution in [0.5, 0.6) is 0 Å². The Morgan fingerprint density at radius 1 is 1.36 bits per heavy atom. The Balaban J connectivity index is 3.42. The lowest BCUT2D eigenvalue weighted by Crippen LogP contribution is -2.34.